The van der Waals surface area contributed by atoms with Gasteiger partial charge in [0.2, 0.25) is 0 Å². The van der Waals surface area contributed by atoms with Crippen molar-refractivity contribution in [1.29, 1.82) is 5.26 Å². The van der Waals surface area contributed by atoms with Crippen LogP contribution in [0.15, 0.2) is 54.7 Å². The Morgan fingerprint density at radius 2 is 1.62 bits per heavy atom. The molecule has 3 heteroatoms. The van der Waals surface area contributed by atoms with E-state index in [1.54, 1.807) is 18.3 Å². The van der Waals surface area contributed by atoms with E-state index in [9.17, 15) is 0 Å². The molecule has 0 aliphatic heterocycles. The molecule has 0 unspecified atom stereocenters. The molecule has 98 valence electrons. The van der Waals surface area contributed by atoms with Crippen LogP contribution in [-0.4, -0.2) is 4.98 Å². The molecule has 0 radical (unpaired) electrons. The summed E-state index contributed by atoms with van der Waals surface area (Å²) in [5.74, 6) is 6.58. The number of nitriles is 1. The van der Waals surface area contributed by atoms with Crippen LogP contribution in [-0.2, 0) is 0 Å². The molecule has 1 aromatic heterocycles. The fraction of sp³-hybridized carbons (Fsp3) is 0. The number of benzene rings is 2. The van der Waals surface area contributed by atoms with E-state index in [1.165, 1.54) is 0 Å². The van der Waals surface area contributed by atoms with Crippen LogP contribution >= 0.6 is 0 Å². The molecule has 1 heterocycles. The first-order valence-corrected chi connectivity index (χ1v) is 6.43. The predicted molar refractivity (Wildman–Crippen MR) is 83.3 cm³/mol. The summed E-state index contributed by atoms with van der Waals surface area (Å²) in [6.07, 6.45) is 1.75. The summed E-state index contributed by atoms with van der Waals surface area (Å²) in [7, 11) is 0. The van der Waals surface area contributed by atoms with Crippen LogP contribution in [0.25, 0.3) is 10.8 Å². The number of hydrogen-bond donors (Lipinski definition) is 1. The maximum Gasteiger partial charge on any atom is 0.139 e. The first kappa shape index (κ1) is 12.7. The zero-order chi connectivity index (χ0) is 14.7. The van der Waals surface area contributed by atoms with Crippen LogP contribution in [0.5, 0.6) is 0 Å². The average Bonchev–Trinajstić information content (AvgIpc) is 2.54. The van der Waals surface area contributed by atoms with Crippen molar-refractivity contribution in [3.05, 3.63) is 71.4 Å². The minimum atomic E-state index is 0.426. The van der Waals surface area contributed by atoms with Gasteiger partial charge in [-0.15, -0.1) is 0 Å². The van der Waals surface area contributed by atoms with Gasteiger partial charge in [0.1, 0.15) is 5.82 Å². The smallest absolute Gasteiger partial charge is 0.139 e. The van der Waals surface area contributed by atoms with Gasteiger partial charge in [0.05, 0.1) is 17.2 Å². The van der Waals surface area contributed by atoms with Crippen LogP contribution in [0.1, 0.15) is 16.7 Å². The summed E-state index contributed by atoms with van der Waals surface area (Å²) < 4.78 is 0. The topological polar surface area (TPSA) is 62.7 Å². The second-order valence-corrected chi connectivity index (χ2v) is 4.54. The van der Waals surface area contributed by atoms with E-state index in [0.717, 1.165) is 21.9 Å². The fourth-order valence-corrected chi connectivity index (χ4v) is 2.07. The molecule has 3 rings (SSSR count). The van der Waals surface area contributed by atoms with E-state index in [0.29, 0.717) is 11.4 Å². The first-order chi connectivity index (χ1) is 10.3. The van der Waals surface area contributed by atoms with Gasteiger partial charge in [0, 0.05) is 22.5 Å². The van der Waals surface area contributed by atoms with E-state index >= 15 is 0 Å². The monoisotopic (exact) mass is 269 g/mol. The minimum absolute atomic E-state index is 0.426. The van der Waals surface area contributed by atoms with Crippen LogP contribution < -0.4 is 5.73 Å². The summed E-state index contributed by atoms with van der Waals surface area (Å²) in [5.41, 5.74) is 8.13. The molecule has 0 saturated carbocycles. The van der Waals surface area contributed by atoms with E-state index < -0.39 is 0 Å². The molecule has 0 atom stereocenters. The van der Waals surface area contributed by atoms with Crippen LogP contribution in [0.3, 0.4) is 0 Å². The maximum absolute atomic E-state index is 8.78. The van der Waals surface area contributed by atoms with Crippen molar-refractivity contribution < 1.29 is 0 Å². The molecule has 21 heavy (non-hydrogen) atoms. The molecular weight excluding hydrogens is 258 g/mol. The maximum atomic E-state index is 8.78. The van der Waals surface area contributed by atoms with E-state index in [-0.39, 0.29) is 0 Å². The molecule has 3 nitrogen and oxygen atoms in total. The van der Waals surface area contributed by atoms with Gasteiger partial charge in [-0.2, -0.15) is 5.26 Å². The Morgan fingerprint density at radius 3 is 2.38 bits per heavy atom. The van der Waals surface area contributed by atoms with Crippen LogP contribution in [0.4, 0.5) is 5.82 Å². The van der Waals surface area contributed by atoms with Crippen LogP contribution in [0.2, 0.25) is 0 Å². The SMILES string of the molecule is N#Cc1ccc(C#Cc2c(N)ncc3ccccc23)cc1. The number of fused-ring (bicyclic) bond motifs is 1. The van der Waals surface area contributed by atoms with Gasteiger partial charge in [0.15, 0.2) is 0 Å². The minimum Gasteiger partial charge on any atom is -0.383 e. The van der Waals surface area contributed by atoms with Crippen molar-refractivity contribution >= 4 is 16.6 Å². The number of nitrogen functional groups attached to an aromatic ring is 1. The normalized spacial score (nSPS) is 9.67. The number of hydrogen-bond acceptors (Lipinski definition) is 3. The third-order valence-corrected chi connectivity index (χ3v) is 3.17. The third-order valence-electron chi connectivity index (χ3n) is 3.17. The van der Waals surface area contributed by atoms with E-state index in [1.807, 2.05) is 36.4 Å². The van der Waals surface area contributed by atoms with Gasteiger partial charge >= 0.3 is 0 Å². The Bertz CT molecular complexity index is 907. The molecule has 0 aliphatic carbocycles. The van der Waals surface area contributed by atoms with Crippen molar-refractivity contribution in [3.8, 4) is 17.9 Å². The lowest BCUT2D eigenvalue weighted by molar-refractivity contribution is 1.36. The lowest BCUT2D eigenvalue weighted by Crippen LogP contribution is -1.95. The van der Waals surface area contributed by atoms with E-state index in [4.69, 9.17) is 11.0 Å². The second kappa shape index (κ2) is 5.36. The summed E-state index contributed by atoms with van der Waals surface area (Å²) in [6.45, 7) is 0. The molecule has 0 fully saturated rings. The first-order valence-electron chi connectivity index (χ1n) is 6.43. The highest BCUT2D eigenvalue weighted by molar-refractivity contribution is 5.90. The zero-order valence-corrected chi connectivity index (χ0v) is 11.2. The Morgan fingerprint density at radius 1 is 0.905 bits per heavy atom. The quantitative estimate of drug-likeness (QED) is 0.638. The summed E-state index contributed by atoms with van der Waals surface area (Å²) in [4.78, 5) is 4.18. The number of nitrogens with zero attached hydrogens (tertiary/aromatic N) is 2. The highest BCUT2D eigenvalue weighted by atomic mass is 14.8. The molecule has 0 spiro atoms. The predicted octanol–water partition coefficient (Wildman–Crippen LogP) is 3.09. The number of rotatable bonds is 0. The molecule has 0 amide bonds. The summed E-state index contributed by atoms with van der Waals surface area (Å²) in [5, 5.41) is 10.8. The highest BCUT2D eigenvalue weighted by Gasteiger charge is 2.03. The number of anilines is 1. The van der Waals surface area contributed by atoms with Crippen LogP contribution in [0, 0.1) is 23.2 Å². The highest BCUT2D eigenvalue weighted by Crippen LogP contribution is 2.21. The van der Waals surface area contributed by atoms with Gasteiger partial charge in [-0.05, 0) is 24.3 Å². The number of nitrogens with two attached hydrogens (primary N) is 1. The number of pyridine rings is 1. The molecule has 2 aromatic carbocycles. The molecule has 2 N–H and O–H groups in total. The lowest BCUT2D eigenvalue weighted by atomic mass is 10.1. The Balaban J connectivity index is 2.08. The third kappa shape index (κ3) is 2.54. The van der Waals surface area contributed by atoms with Crippen molar-refractivity contribution in [2.24, 2.45) is 0 Å². The number of aromatic nitrogens is 1. The lowest BCUT2D eigenvalue weighted by Gasteiger charge is -2.02. The van der Waals surface area contributed by atoms with E-state index in [2.05, 4.69) is 22.9 Å². The van der Waals surface area contributed by atoms with Gasteiger partial charge in [-0.25, -0.2) is 4.98 Å². The molecule has 0 bridgehead atoms. The largest absolute Gasteiger partial charge is 0.383 e. The molecule has 0 saturated heterocycles. The van der Waals surface area contributed by atoms with Gasteiger partial charge in [-0.1, -0.05) is 36.1 Å². The zero-order valence-electron chi connectivity index (χ0n) is 11.2. The molecule has 0 aliphatic rings. The van der Waals surface area contributed by atoms with Gasteiger partial charge in [0.25, 0.3) is 0 Å². The van der Waals surface area contributed by atoms with Crippen molar-refractivity contribution in [2.75, 3.05) is 5.73 Å². The Labute approximate surface area is 122 Å². The fourth-order valence-electron chi connectivity index (χ4n) is 2.07. The second-order valence-electron chi connectivity index (χ2n) is 4.54. The molecule has 3 aromatic rings. The van der Waals surface area contributed by atoms with Gasteiger partial charge in [-0.3, -0.25) is 0 Å². The molecular formula is C18H11N3. The summed E-state index contributed by atoms with van der Waals surface area (Å²) >= 11 is 0. The average molecular weight is 269 g/mol. The van der Waals surface area contributed by atoms with Crippen molar-refractivity contribution in [2.45, 2.75) is 0 Å². The van der Waals surface area contributed by atoms with Gasteiger partial charge < -0.3 is 5.73 Å². The van der Waals surface area contributed by atoms with Crippen molar-refractivity contribution in [3.63, 3.8) is 0 Å². The Hall–Kier alpha value is -3.30. The Kier molecular flexibility index (Phi) is 3.25. The van der Waals surface area contributed by atoms with Crippen molar-refractivity contribution in [1.82, 2.24) is 4.98 Å². The standard InChI is InChI=1S/C18H11N3/c19-11-14-7-5-13(6-8-14)9-10-17-16-4-2-1-3-15(16)12-21-18(17)20/h1-8,12H,(H2,20,21). The summed E-state index contributed by atoms with van der Waals surface area (Å²) in [6, 6.07) is 17.1.